The third-order valence-corrected chi connectivity index (χ3v) is 2.51. The van der Waals surface area contributed by atoms with E-state index < -0.39 is 0 Å². The summed E-state index contributed by atoms with van der Waals surface area (Å²) in [6, 6.07) is 0. The Bertz CT molecular complexity index is 191. The van der Waals surface area contributed by atoms with E-state index in [4.69, 9.17) is 11.6 Å². The van der Waals surface area contributed by atoms with Crippen molar-refractivity contribution < 1.29 is 0 Å². The van der Waals surface area contributed by atoms with Gasteiger partial charge in [0.25, 0.3) is 0 Å². The molecule has 0 N–H and O–H groups in total. The van der Waals surface area contributed by atoms with Crippen LogP contribution in [-0.4, -0.2) is 16.1 Å². The van der Waals surface area contributed by atoms with Crippen LogP contribution in [0.3, 0.4) is 0 Å². The van der Waals surface area contributed by atoms with Gasteiger partial charge in [-0.15, -0.1) is 33.1 Å². The van der Waals surface area contributed by atoms with E-state index in [0.717, 1.165) is 29.3 Å². The first-order valence-electron chi connectivity index (χ1n) is 3.74. The first-order chi connectivity index (χ1) is 5.36. The highest BCUT2D eigenvalue weighted by molar-refractivity contribution is 7.11. The summed E-state index contributed by atoms with van der Waals surface area (Å²) in [7, 11) is 0. The molecule has 11 heavy (non-hydrogen) atoms. The molecule has 2 nitrogen and oxygen atoms in total. The smallest absolute Gasteiger partial charge is 0.118 e. The molecule has 0 amide bonds. The topological polar surface area (TPSA) is 25.8 Å². The molecule has 0 fully saturated rings. The van der Waals surface area contributed by atoms with Gasteiger partial charge in [-0.3, -0.25) is 0 Å². The van der Waals surface area contributed by atoms with E-state index in [0.29, 0.717) is 5.88 Å². The van der Waals surface area contributed by atoms with Gasteiger partial charge in [-0.1, -0.05) is 6.92 Å². The zero-order valence-electron chi connectivity index (χ0n) is 6.51. The maximum atomic E-state index is 5.56. The van der Waals surface area contributed by atoms with Crippen molar-refractivity contribution in [2.45, 2.75) is 26.2 Å². The quantitative estimate of drug-likeness (QED) is 0.681. The van der Waals surface area contributed by atoms with Gasteiger partial charge in [0.15, 0.2) is 0 Å². The number of hydrogen-bond donors (Lipinski definition) is 0. The second-order valence-electron chi connectivity index (χ2n) is 2.28. The van der Waals surface area contributed by atoms with Crippen molar-refractivity contribution in [1.29, 1.82) is 0 Å². The fourth-order valence-corrected chi connectivity index (χ4v) is 2.02. The standard InChI is InChI=1S/C7H11ClN2S/c1-2-3-6-9-10-7(11-6)4-5-8/h2-5H2,1H3. The second-order valence-corrected chi connectivity index (χ2v) is 3.80. The highest BCUT2D eigenvalue weighted by atomic mass is 35.5. The first kappa shape index (κ1) is 8.94. The molecule has 0 atom stereocenters. The normalized spacial score (nSPS) is 10.4. The molecule has 0 radical (unpaired) electrons. The van der Waals surface area contributed by atoms with E-state index >= 15 is 0 Å². The lowest BCUT2D eigenvalue weighted by Crippen LogP contribution is -1.83. The SMILES string of the molecule is CCCc1nnc(CCCl)s1. The first-order valence-corrected chi connectivity index (χ1v) is 5.09. The van der Waals surface area contributed by atoms with Crippen molar-refractivity contribution >= 4 is 22.9 Å². The lowest BCUT2D eigenvalue weighted by molar-refractivity contribution is 0.867. The largest absolute Gasteiger partial charge is 0.144 e. The molecular formula is C7H11ClN2S. The predicted octanol–water partition coefficient (Wildman–Crippen LogP) is 2.27. The Morgan fingerprint density at radius 2 is 1.91 bits per heavy atom. The molecule has 62 valence electrons. The van der Waals surface area contributed by atoms with Gasteiger partial charge in [0.05, 0.1) is 0 Å². The van der Waals surface area contributed by atoms with Crippen LogP contribution in [0.4, 0.5) is 0 Å². The minimum atomic E-state index is 0.640. The van der Waals surface area contributed by atoms with Crippen LogP contribution in [0.5, 0.6) is 0 Å². The van der Waals surface area contributed by atoms with Crippen molar-refractivity contribution in [3.63, 3.8) is 0 Å². The Hall–Kier alpha value is -0.150. The molecule has 0 saturated heterocycles. The molecule has 1 aromatic heterocycles. The number of halogens is 1. The van der Waals surface area contributed by atoms with Crippen molar-refractivity contribution in [3.05, 3.63) is 10.0 Å². The van der Waals surface area contributed by atoms with Gasteiger partial charge in [0.2, 0.25) is 0 Å². The zero-order chi connectivity index (χ0) is 8.10. The lowest BCUT2D eigenvalue weighted by atomic mass is 10.4. The molecule has 4 heteroatoms. The maximum absolute atomic E-state index is 5.56. The number of hydrogen-bond acceptors (Lipinski definition) is 3. The molecule has 0 unspecified atom stereocenters. The molecule has 0 aromatic carbocycles. The predicted molar refractivity (Wildman–Crippen MR) is 48.3 cm³/mol. The molecule has 1 aromatic rings. The van der Waals surface area contributed by atoms with E-state index in [1.165, 1.54) is 0 Å². The van der Waals surface area contributed by atoms with Crippen LogP contribution in [0.2, 0.25) is 0 Å². The summed E-state index contributed by atoms with van der Waals surface area (Å²) in [6.07, 6.45) is 3.03. The van der Waals surface area contributed by atoms with Crippen LogP contribution in [0, 0.1) is 0 Å². The molecule has 0 aliphatic heterocycles. The lowest BCUT2D eigenvalue weighted by Gasteiger charge is -1.85. The summed E-state index contributed by atoms with van der Waals surface area (Å²) in [5.41, 5.74) is 0. The average molecular weight is 191 g/mol. The van der Waals surface area contributed by atoms with Gasteiger partial charge in [-0.05, 0) is 6.42 Å². The Labute approximate surface area is 75.6 Å². The molecule has 0 spiro atoms. The Balaban J connectivity index is 2.51. The molecule has 1 rings (SSSR count). The number of alkyl halides is 1. The zero-order valence-corrected chi connectivity index (χ0v) is 8.08. The van der Waals surface area contributed by atoms with Gasteiger partial charge in [0.1, 0.15) is 10.0 Å². The van der Waals surface area contributed by atoms with Crippen molar-refractivity contribution in [2.24, 2.45) is 0 Å². The highest BCUT2D eigenvalue weighted by Gasteiger charge is 2.01. The number of aryl methyl sites for hydroxylation is 2. The molecule has 0 aliphatic rings. The maximum Gasteiger partial charge on any atom is 0.118 e. The minimum absolute atomic E-state index is 0.640. The fraction of sp³-hybridized carbons (Fsp3) is 0.714. The summed E-state index contributed by atoms with van der Waals surface area (Å²) in [4.78, 5) is 0. The Morgan fingerprint density at radius 1 is 1.27 bits per heavy atom. The number of rotatable bonds is 4. The third-order valence-electron chi connectivity index (χ3n) is 1.28. The molecule has 0 aliphatic carbocycles. The summed E-state index contributed by atoms with van der Waals surface area (Å²) in [5, 5.41) is 10.2. The summed E-state index contributed by atoms with van der Waals surface area (Å²) < 4.78 is 0. The Kier molecular flexibility index (Phi) is 3.80. The van der Waals surface area contributed by atoms with Gasteiger partial charge in [0, 0.05) is 18.7 Å². The van der Waals surface area contributed by atoms with Gasteiger partial charge in [-0.2, -0.15) is 0 Å². The third kappa shape index (κ3) is 2.75. The van der Waals surface area contributed by atoms with Crippen molar-refractivity contribution in [1.82, 2.24) is 10.2 Å². The van der Waals surface area contributed by atoms with E-state index in [2.05, 4.69) is 17.1 Å². The molecule has 1 heterocycles. The van der Waals surface area contributed by atoms with Gasteiger partial charge in [-0.25, -0.2) is 0 Å². The van der Waals surface area contributed by atoms with Crippen LogP contribution in [0.1, 0.15) is 23.4 Å². The summed E-state index contributed by atoms with van der Waals surface area (Å²) in [6.45, 7) is 2.14. The van der Waals surface area contributed by atoms with E-state index in [-0.39, 0.29) is 0 Å². The van der Waals surface area contributed by atoms with E-state index in [9.17, 15) is 0 Å². The van der Waals surface area contributed by atoms with E-state index in [1.807, 2.05) is 0 Å². The number of aromatic nitrogens is 2. The molecule has 0 saturated carbocycles. The van der Waals surface area contributed by atoms with Crippen LogP contribution in [0.15, 0.2) is 0 Å². The molecule has 0 bridgehead atoms. The highest BCUT2D eigenvalue weighted by Crippen LogP contribution is 2.12. The summed E-state index contributed by atoms with van der Waals surface area (Å²) in [5.74, 6) is 0.640. The molecular weight excluding hydrogens is 180 g/mol. The Morgan fingerprint density at radius 3 is 2.45 bits per heavy atom. The fourth-order valence-electron chi connectivity index (χ4n) is 0.785. The second kappa shape index (κ2) is 4.67. The average Bonchev–Trinajstić information content (AvgIpc) is 2.38. The van der Waals surface area contributed by atoms with Gasteiger partial charge >= 0.3 is 0 Å². The van der Waals surface area contributed by atoms with Crippen LogP contribution >= 0.6 is 22.9 Å². The van der Waals surface area contributed by atoms with Crippen molar-refractivity contribution in [2.75, 3.05) is 5.88 Å². The summed E-state index contributed by atoms with van der Waals surface area (Å²) >= 11 is 7.24. The van der Waals surface area contributed by atoms with Crippen LogP contribution in [0.25, 0.3) is 0 Å². The minimum Gasteiger partial charge on any atom is -0.144 e. The van der Waals surface area contributed by atoms with Crippen LogP contribution in [-0.2, 0) is 12.8 Å². The van der Waals surface area contributed by atoms with Crippen LogP contribution < -0.4 is 0 Å². The van der Waals surface area contributed by atoms with Crippen molar-refractivity contribution in [3.8, 4) is 0 Å². The number of nitrogens with zero attached hydrogens (tertiary/aromatic N) is 2. The monoisotopic (exact) mass is 190 g/mol. The van der Waals surface area contributed by atoms with Gasteiger partial charge < -0.3 is 0 Å². The van der Waals surface area contributed by atoms with E-state index in [1.54, 1.807) is 11.3 Å².